The van der Waals surface area contributed by atoms with Gasteiger partial charge in [-0.2, -0.15) is 0 Å². The highest BCUT2D eigenvalue weighted by Gasteiger charge is 2.28. The summed E-state index contributed by atoms with van der Waals surface area (Å²) in [7, 11) is 1.99. The Labute approximate surface area is 107 Å². The van der Waals surface area contributed by atoms with Crippen LogP contribution in [0.25, 0.3) is 11.0 Å². The predicted octanol–water partition coefficient (Wildman–Crippen LogP) is 3.04. The van der Waals surface area contributed by atoms with Crippen LogP contribution in [0.2, 0.25) is 0 Å². The standard InChI is InChI=1S/C15H19NO2/c1-10-4-3-5-11-8-13(18-15(10)11)14(16-2)12-6-7-17-9-12/h3-5,8,12,14,16H,6-7,9H2,1-2H3. The van der Waals surface area contributed by atoms with Crippen LogP contribution in [0.15, 0.2) is 28.7 Å². The Morgan fingerprint density at radius 1 is 1.39 bits per heavy atom. The molecule has 1 fully saturated rings. The molecule has 1 N–H and O–H groups in total. The molecule has 2 atom stereocenters. The Kier molecular flexibility index (Phi) is 3.10. The molecule has 0 aliphatic carbocycles. The number of fused-ring (bicyclic) bond motifs is 1. The first-order chi connectivity index (χ1) is 8.79. The van der Waals surface area contributed by atoms with E-state index < -0.39 is 0 Å². The van der Waals surface area contributed by atoms with Gasteiger partial charge in [0.2, 0.25) is 0 Å². The molecule has 0 saturated carbocycles. The molecular formula is C15H19NO2. The number of aryl methyl sites for hydroxylation is 1. The molecule has 0 radical (unpaired) electrons. The summed E-state index contributed by atoms with van der Waals surface area (Å²) in [5.74, 6) is 1.54. The smallest absolute Gasteiger partial charge is 0.137 e. The molecular weight excluding hydrogens is 226 g/mol. The van der Waals surface area contributed by atoms with E-state index >= 15 is 0 Å². The van der Waals surface area contributed by atoms with Crippen molar-refractivity contribution in [2.45, 2.75) is 19.4 Å². The molecule has 0 spiro atoms. The zero-order chi connectivity index (χ0) is 12.5. The van der Waals surface area contributed by atoms with E-state index in [1.165, 1.54) is 10.9 Å². The van der Waals surface area contributed by atoms with E-state index in [1.807, 2.05) is 7.05 Å². The molecule has 1 aliphatic heterocycles. The Morgan fingerprint density at radius 2 is 2.28 bits per heavy atom. The van der Waals surface area contributed by atoms with Gasteiger partial charge in [-0.3, -0.25) is 0 Å². The fourth-order valence-electron chi connectivity index (χ4n) is 2.81. The molecule has 1 aliphatic rings. The van der Waals surface area contributed by atoms with Crippen molar-refractivity contribution < 1.29 is 9.15 Å². The summed E-state index contributed by atoms with van der Waals surface area (Å²) in [6, 6.07) is 8.67. The van der Waals surface area contributed by atoms with Crippen LogP contribution < -0.4 is 5.32 Å². The van der Waals surface area contributed by atoms with E-state index in [4.69, 9.17) is 9.15 Å². The SMILES string of the molecule is CNC(c1cc2cccc(C)c2o1)C1CCOC1. The van der Waals surface area contributed by atoms with Crippen molar-refractivity contribution in [2.24, 2.45) is 5.92 Å². The zero-order valence-corrected chi connectivity index (χ0v) is 10.9. The molecule has 2 heterocycles. The van der Waals surface area contributed by atoms with Gasteiger partial charge in [0.25, 0.3) is 0 Å². The highest BCUT2D eigenvalue weighted by Crippen LogP contribution is 2.33. The van der Waals surface area contributed by atoms with Crippen LogP contribution in [0.3, 0.4) is 0 Å². The van der Waals surface area contributed by atoms with Crippen LogP contribution in [0.5, 0.6) is 0 Å². The normalized spacial score (nSPS) is 21.6. The van der Waals surface area contributed by atoms with Crippen molar-refractivity contribution in [3.05, 3.63) is 35.6 Å². The Bertz CT molecular complexity index is 540. The predicted molar refractivity (Wildman–Crippen MR) is 71.7 cm³/mol. The first kappa shape index (κ1) is 11.8. The fraction of sp³-hybridized carbons (Fsp3) is 0.467. The van der Waals surface area contributed by atoms with Gasteiger partial charge in [0, 0.05) is 17.9 Å². The molecule has 1 aromatic heterocycles. The Morgan fingerprint density at radius 3 is 2.94 bits per heavy atom. The highest BCUT2D eigenvalue weighted by atomic mass is 16.5. The second-order valence-corrected chi connectivity index (χ2v) is 5.03. The molecule has 0 bridgehead atoms. The quantitative estimate of drug-likeness (QED) is 0.902. The molecule has 3 nitrogen and oxygen atoms in total. The lowest BCUT2D eigenvalue weighted by Crippen LogP contribution is -2.25. The summed E-state index contributed by atoms with van der Waals surface area (Å²) >= 11 is 0. The van der Waals surface area contributed by atoms with Gasteiger partial charge in [-0.1, -0.05) is 18.2 Å². The lowest BCUT2D eigenvalue weighted by molar-refractivity contribution is 0.175. The minimum Gasteiger partial charge on any atom is -0.459 e. The fourth-order valence-corrected chi connectivity index (χ4v) is 2.81. The number of rotatable bonds is 3. The van der Waals surface area contributed by atoms with Crippen LogP contribution in [0.1, 0.15) is 23.8 Å². The number of hydrogen-bond donors (Lipinski definition) is 1. The number of furan rings is 1. The number of nitrogens with one attached hydrogen (secondary N) is 1. The van der Waals surface area contributed by atoms with Gasteiger partial charge >= 0.3 is 0 Å². The van der Waals surface area contributed by atoms with Gasteiger partial charge in [0.15, 0.2) is 0 Å². The maximum Gasteiger partial charge on any atom is 0.137 e. The lowest BCUT2D eigenvalue weighted by atomic mass is 9.97. The average Bonchev–Trinajstić information content (AvgIpc) is 3.00. The van der Waals surface area contributed by atoms with Gasteiger partial charge < -0.3 is 14.5 Å². The summed E-state index contributed by atoms with van der Waals surface area (Å²) in [6.07, 6.45) is 1.10. The van der Waals surface area contributed by atoms with Crippen molar-refractivity contribution in [2.75, 3.05) is 20.3 Å². The Hall–Kier alpha value is -1.32. The average molecular weight is 245 g/mol. The van der Waals surface area contributed by atoms with Crippen molar-refractivity contribution in [1.82, 2.24) is 5.32 Å². The minimum atomic E-state index is 0.249. The Balaban J connectivity index is 1.99. The second kappa shape index (κ2) is 4.75. The van der Waals surface area contributed by atoms with Crippen molar-refractivity contribution >= 4 is 11.0 Å². The molecule has 2 unspecified atom stereocenters. The monoisotopic (exact) mass is 245 g/mol. The van der Waals surface area contributed by atoms with E-state index in [9.17, 15) is 0 Å². The van der Waals surface area contributed by atoms with E-state index in [-0.39, 0.29) is 6.04 Å². The van der Waals surface area contributed by atoms with Crippen molar-refractivity contribution in [3.63, 3.8) is 0 Å². The molecule has 0 amide bonds. The largest absolute Gasteiger partial charge is 0.459 e. The topological polar surface area (TPSA) is 34.4 Å². The maximum absolute atomic E-state index is 6.05. The maximum atomic E-state index is 6.05. The number of ether oxygens (including phenoxy) is 1. The van der Waals surface area contributed by atoms with Crippen LogP contribution in [0, 0.1) is 12.8 Å². The summed E-state index contributed by atoms with van der Waals surface area (Å²) in [5.41, 5.74) is 2.20. The first-order valence-electron chi connectivity index (χ1n) is 6.53. The van der Waals surface area contributed by atoms with E-state index in [0.717, 1.165) is 31.0 Å². The number of benzene rings is 1. The van der Waals surface area contributed by atoms with Gasteiger partial charge in [-0.15, -0.1) is 0 Å². The molecule has 1 saturated heterocycles. The third-order valence-corrected chi connectivity index (χ3v) is 3.81. The number of hydrogen-bond acceptors (Lipinski definition) is 3. The third-order valence-electron chi connectivity index (χ3n) is 3.81. The van der Waals surface area contributed by atoms with E-state index in [1.54, 1.807) is 0 Å². The van der Waals surface area contributed by atoms with Gasteiger partial charge in [0.1, 0.15) is 11.3 Å². The minimum absolute atomic E-state index is 0.249. The second-order valence-electron chi connectivity index (χ2n) is 5.03. The van der Waals surface area contributed by atoms with Gasteiger partial charge in [-0.25, -0.2) is 0 Å². The third kappa shape index (κ3) is 1.93. The van der Waals surface area contributed by atoms with Crippen LogP contribution >= 0.6 is 0 Å². The first-order valence-corrected chi connectivity index (χ1v) is 6.53. The van der Waals surface area contributed by atoms with Crippen LogP contribution in [-0.2, 0) is 4.74 Å². The summed E-state index contributed by atoms with van der Waals surface area (Å²) in [6.45, 7) is 3.77. The lowest BCUT2D eigenvalue weighted by Gasteiger charge is -2.19. The molecule has 3 rings (SSSR count). The van der Waals surface area contributed by atoms with Crippen LogP contribution in [0.4, 0.5) is 0 Å². The molecule has 1 aromatic carbocycles. The molecule has 3 heteroatoms. The van der Waals surface area contributed by atoms with Crippen molar-refractivity contribution in [1.29, 1.82) is 0 Å². The van der Waals surface area contributed by atoms with Gasteiger partial charge in [0.05, 0.1) is 12.6 Å². The van der Waals surface area contributed by atoms with Crippen LogP contribution in [-0.4, -0.2) is 20.3 Å². The highest BCUT2D eigenvalue weighted by molar-refractivity contribution is 5.81. The molecule has 96 valence electrons. The molecule has 18 heavy (non-hydrogen) atoms. The van der Waals surface area contributed by atoms with Gasteiger partial charge in [-0.05, 0) is 32.0 Å². The zero-order valence-electron chi connectivity index (χ0n) is 10.9. The van der Waals surface area contributed by atoms with Crippen molar-refractivity contribution in [3.8, 4) is 0 Å². The van der Waals surface area contributed by atoms with E-state index in [0.29, 0.717) is 5.92 Å². The summed E-state index contributed by atoms with van der Waals surface area (Å²) in [4.78, 5) is 0. The number of para-hydroxylation sites is 1. The van der Waals surface area contributed by atoms with E-state index in [2.05, 4.69) is 36.5 Å². The molecule has 2 aromatic rings. The summed E-state index contributed by atoms with van der Waals surface area (Å²) in [5, 5.41) is 4.55. The summed E-state index contributed by atoms with van der Waals surface area (Å²) < 4.78 is 11.5.